The van der Waals surface area contributed by atoms with E-state index >= 15 is 0 Å². The molecule has 1 aromatic heterocycles. The summed E-state index contributed by atoms with van der Waals surface area (Å²) in [6.45, 7) is 3.12. The summed E-state index contributed by atoms with van der Waals surface area (Å²) >= 11 is 3.59. The molecular formula is C22H21BrN2. The third kappa shape index (κ3) is 3.78. The Morgan fingerprint density at radius 2 is 2.00 bits per heavy atom. The van der Waals surface area contributed by atoms with E-state index in [0.29, 0.717) is 0 Å². The van der Waals surface area contributed by atoms with Crippen LogP contribution in [0.4, 0.5) is 0 Å². The molecule has 2 aromatic carbocycles. The standard InChI is InChI=1S/C22H21BrN2/c23-20-15-19(21-8-11-24-22(21)16-20)7-4-12-25-13-9-18(10-14-25)17-5-2-1-3-6-17/h1-9,11,15-16,24H,10,12-14H2. The minimum Gasteiger partial charge on any atom is -0.361 e. The van der Waals surface area contributed by atoms with Gasteiger partial charge in [-0.25, -0.2) is 0 Å². The first-order valence-corrected chi connectivity index (χ1v) is 9.49. The van der Waals surface area contributed by atoms with Gasteiger partial charge in [-0.05, 0) is 41.3 Å². The van der Waals surface area contributed by atoms with Gasteiger partial charge in [0.1, 0.15) is 0 Å². The number of aromatic nitrogens is 1. The highest BCUT2D eigenvalue weighted by Crippen LogP contribution is 2.25. The van der Waals surface area contributed by atoms with Gasteiger partial charge < -0.3 is 4.98 Å². The van der Waals surface area contributed by atoms with Gasteiger partial charge in [0.25, 0.3) is 0 Å². The van der Waals surface area contributed by atoms with Gasteiger partial charge in [-0.3, -0.25) is 4.90 Å². The Kier molecular flexibility index (Phi) is 4.86. The van der Waals surface area contributed by atoms with Crippen LogP contribution >= 0.6 is 15.9 Å². The van der Waals surface area contributed by atoms with E-state index in [1.54, 1.807) is 0 Å². The molecule has 2 nitrogen and oxygen atoms in total. The van der Waals surface area contributed by atoms with Gasteiger partial charge in [0.05, 0.1) is 0 Å². The highest BCUT2D eigenvalue weighted by Gasteiger charge is 2.11. The molecule has 1 N–H and O–H groups in total. The minimum absolute atomic E-state index is 0.983. The molecule has 0 bridgehead atoms. The van der Waals surface area contributed by atoms with Crippen LogP contribution in [0.5, 0.6) is 0 Å². The van der Waals surface area contributed by atoms with Crippen molar-refractivity contribution < 1.29 is 0 Å². The van der Waals surface area contributed by atoms with E-state index in [4.69, 9.17) is 0 Å². The SMILES string of the molecule is Brc1cc(C=CCN2CC=C(c3ccccc3)CC2)c2cc[nH]c2c1. The van der Waals surface area contributed by atoms with Crippen molar-refractivity contribution in [2.75, 3.05) is 19.6 Å². The second-order valence-corrected chi connectivity index (χ2v) is 7.36. The van der Waals surface area contributed by atoms with E-state index < -0.39 is 0 Å². The number of fused-ring (bicyclic) bond motifs is 1. The highest BCUT2D eigenvalue weighted by atomic mass is 79.9. The van der Waals surface area contributed by atoms with Crippen molar-refractivity contribution in [2.45, 2.75) is 6.42 Å². The normalized spacial score (nSPS) is 15.8. The fraction of sp³-hybridized carbons (Fsp3) is 0.182. The topological polar surface area (TPSA) is 19.0 Å². The lowest BCUT2D eigenvalue weighted by molar-refractivity contribution is 0.335. The van der Waals surface area contributed by atoms with Gasteiger partial charge in [-0.15, -0.1) is 0 Å². The zero-order chi connectivity index (χ0) is 17.1. The third-order valence-electron chi connectivity index (χ3n) is 4.76. The molecule has 0 saturated heterocycles. The smallest absolute Gasteiger partial charge is 0.0471 e. The molecule has 3 aromatic rings. The van der Waals surface area contributed by atoms with Crippen LogP contribution in [-0.4, -0.2) is 29.5 Å². The average Bonchev–Trinajstić information content (AvgIpc) is 3.11. The van der Waals surface area contributed by atoms with Crippen LogP contribution < -0.4 is 0 Å². The first kappa shape index (κ1) is 16.4. The molecule has 0 radical (unpaired) electrons. The van der Waals surface area contributed by atoms with Crippen molar-refractivity contribution in [3.8, 4) is 0 Å². The zero-order valence-corrected chi connectivity index (χ0v) is 15.7. The lowest BCUT2D eigenvalue weighted by Gasteiger charge is -2.25. The Hall–Kier alpha value is -2.10. The van der Waals surface area contributed by atoms with E-state index in [9.17, 15) is 0 Å². The van der Waals surface area contributed by atoms with Crippen LogP contribution in [0, 0.1) is 0 Å². The maximum Gasteiger partial charge on any atom is 0.0471 e. The Balaban J connectivity index is 1.41. The number of H-pyrrole nitrogens is 1. The lowest BCUT2D eigenvalue weighted by atomic mass is 9.99. The van der Waals surface area contributed by atoms with Crippen molar-refractivity contribution in [1.29, 1.82) is 0 Å². The van der Waals surface area contributed by atoms with Gasteiger partial charge in [-0.2, -0.15) is 0 Å². The molecule has 0 spiro atoms. The maximum atomic E-state index is 3.59. The van der Waals surface area contributed by atoms with Crippen molar-refractivity contribution in [2.24, 2.45) is 0 Å². The second kappa shape index (κ2) is 7.42. The van der Waals surface area contributed by atoms with Crippen LogP contribution in [0.15, 0.2) is 71.4 Å². The third-order valence-corrected chi connectivity index (χ3v) is 5.22. The van der Waals surface area contributed by atoms with E-state index in [1.807, 2.05) is 6.20 Å². The molecule has 3 heteroatoms. The Morgan fingerprint density at radius 1 is 1.12 bits per heavy atom. The summed E-state index contributed by atoms with van der Waals surface area (Å²) in [4.78, 5) is 5.76. The van der Waals surface area contributed by atoms with Crippen molar-refractivity contribution in [3.05, 3.63) is 82.5 Å². The Labute approximate surface area is 157 Å². The van der Waals surface area contributed by atoms with Gasteiger partial charge in [0, 0.05) is 41.2 Å². The summed E-state index contributed by atoms with van der Waals surface area (Å²) in [7, 11) is 0. The number of benzene rings is 2. The molecule has 4 rings (SSSR count). The number of aromatic amines is 1. The van der Waals surface area contributed by atoms with Crippen molar-refractivity contribution >= 4 is 38.5 Å². The molecule has 0 atom stereocenters. The average molecular weight is 393 g/mol. The summed E-state index contributed by atoms with van der Waals surface area (Å²) in [6, 6.07) is 17.2. The molecule has 0 saturated carbocycles. The first-order chi connectivity index (χ1) is 12.3. The van der Waals surface area contributed by atoms with Crippen molar-refractivity contribution in [1.82, 2.24) is 9.88 Å². The molecule has 0 aliphatic carbocycles. The molecule has 1 aliphatic rings. The molecule has 0 unspecified atom stereocenters. The van der Waals surface area contributed by atoms with Gasteiger partial charge in [0.15, 0.2) is 0 Å². The summed E-state index contributed by atoms with van der Waals surface area (Å²) < 4.78 is 1.11. The van der Waals surface area contributed by atoms with E-state index in [-0.39, 0.29) is 0 Å². The quantitative estimate of drug-likeness (QED) is 0.600. The van der Waals surface area contributed by atoms with E-state index in [2.05, 4.69) is 92.6 Å². The predicted octanol–water partition coefficient (Wildman–Crippen LogP) is 5.73. The number of hydrogen-bond acceptors (Lipinski definition) is 1. The molecular weight excluding hydrogens is 372 g/mol. The molecule has 1 aliphatic heterocycles. The fourth-order valence-electron chi connectivity index (χ4n) is 3.42. The summed E-state index contributed by atoms with van der Waals surface area (Å²) in [6.07, 6.45) is 9.99. The number of nitrogens with zero attached hydrogens (tertiary/aromatic N) is 1. The first-order valence-electron chi connectivity index (χ1n) is 8.69. The molecule has 0 amide bonds. The van der Waals surface area contributed by atoms with Gasteiger partial charge >= 0.3 is 0 Å². The summed E-state index contributed by atoms with van der Waals surface area (Å²) in [5, 5.41) is 1.27. The van der Waals surface area contributed by atoms with Crippen molar-refractivity contribution in [3.63, 3.8) is 0 Å². The van der Waals surface area contributed by atoms with Crippen LogP contribution in [-0.2, 0) is 0 Å². The lowest BCUT2D eigenvalue weighted by Crippen LogP contribution is -2.28. The fourth-order valence-corrected chi connectivity index (χ4v) is 3.89. The number of hydrogen-bond donors (Lipinski definition) is 1. The minimum atomic E-state index is 0.983. The maximum absolute atomic E-state index is 3.59. The van der Waals surface area contributed by atoms with Crippen LogP contribution in [0.1, 0.15) is 17.5 Å². The van der Waals surface area contributed by atoms with Crippen LogP contribution in [0.25, 0.3) is 22.6 Å². The number of nitrogens with one attached hydrogen (secondary N) is 1. The summed E-state index contributed by atoms with van der Waals surface area (Å²) in [5.41, 5.74) is 5.26. The van der Waals surface area contributed by atoms with Gasteiger partial charge in [0.2, 0.25) is 0 Å². The van der Waals surface area contributed by atoms with Gasteiger partial charge in [-0.1, -0.05) is 64.5 Å². The molecule has 0 fully saturated rings. The van der Waals surface area contributed by atoms with Crippen LogP contribution in [0.3, 0.4) is 0 Å². The van der Waals surface area contributed by atoms with Crippen LogP contribution in [0.2, 0.25) is 0 Å². The molecule has 25 heavy (non-hydrogen) atoms. The number of rotatable bonds is 4. The van der Waals surface area contributed by atoms with E-state index in [1.165, 1.54) is 27.6 Å². The monoisotopic (exact) mass is 392 g/mol. The second-order valence-electron chi connectivity index (χ2n) is 6.44. The molecule has 2 heterocycles. The Morgan fingerprint density at radius 3 is 2.80 bits per heavy atom. The highest BCUT2D eigenvalue weighted by molar-refractivity contribution is 9.10. The summed E-state index contributed by atoms with van der Waals surface area (Å²) in [5.74, 6) is 0. The molecule has 126 valence electrons. The van der Waals surface area contributed by atoms with E-state index in [0.717, 1.165) is 30.5 Å². The Bertz CT molecular complexity index is 922. The number of halogens is 1. The largest absolute Gasteiger partial charge is 0.361 e. The zero-order valence-electron chi connectivity index (χ0n) is 14.1. The predicted molar refractivity (Wildman–Crippen MR) is 111 cm³/mol.